The molecule has 1 aromatic carbocycles. The molecule has 17 heteroatoms. The molecule has 2 aliphatic rings. The number of H-pyrrole nitrogens is 1. The average molecular weight is 597 g/mol. The number of hydrogen-bond acceptors (Lipinski definition) is 11. The minimum absolute atomic E-state index is 0.136. The van der Waals surface area contributed by atoms with E-state index >= 15 is 0 Å². The molecule has 2 fully saturated rings. The fourth-order valence-corrected chi connectivity index (χ4v) is 7.17. The van der Waals surface area contributed by atoms with Gasteiger partial charge in [0.15, 0.2) is 12.0 Å². The van der Waals surface area contributed by atoms with Crippen molar-refractivity contribution in [1.29, 1.82) is 0 Å². The van der Waals surface area contributed by atoms with Gasteiger partial charge in [0, 0.05) is 17.2 Å². The lowest BCUT2D eigenvalue weighted by Crippen LogP contribution is -2.55. The summed E-state index contributed by atoms with van der Waals surface area (Å²) >= 11 is 1.28. The number of aromatic amines is 1. The summed E-state index contributed by atoms with van der Waals surface area (Å²) < 4.78 is 36.4. The van der Waals surface area contributed by atoms with Crippen LogP contribution in [0.15, 0.2) is 57.3 Å². The van der Waals surface area contributed by atoms with Gasteiger partial charge in [-0.25, -0.2) is 9.36 Å². The Bertz CT molecular complexity index is 1440. The monoisotopic (exact) mass is 596 g/mol. The second-order valence-electron chi connectivity index (χ2n) is 9.49. The molecular formula is C23H29N6O9PS. The second kappa shape index (κ2) is 11.8. The van der Waals surface area contributed by atoms with Crippen LogP contribution in [0.4, 0.5) is 0 Å². The number of nitrogens with zero attached hydrogens (tertiary/aromatic N) is 4. The Labute approximate surface area is 232 Å². The molecule has 0 aliphatic carbocycles. The van der Waals surface area contributed by atoms with Crippen molar-refractivity contribution in [3.05, 3.63) is 73.9 Å². The number of esters is 1. The molecule has 3 heterocycles. The van der Waals surface area contributed by atoms with Crippen molar-refractivity contribution in [3.63, 3.8) is 0 Å². The van der Waals surface area contributed by atoms with E-state index in [9.17, 15) is 29.6 Å². The number of azide groups is 1. The van der Waals surface area contributed by atoms with Crippen molar-refractivity contribution in [1.82, 2.24) is 14.6 Å². The highest BCUT2D eigenvalue weighted by atomic mass is 32.2. The number of nitrogens with one attached hydrogen (secondary N) is 2. The average Bonchev–Trinajstić information content (AvgIpc) is 3.12. The van der Waals surface area contributed by atoms with E-state index in [-0.39, 0.29) is 5.75 Å². The number of aliphatic hydroxyl groups excluding tert-OH is 1. The van der Waals surface area contributed by atoms with Crippen LogP contribution in [0.3, 0.4) is 0 Å². The van der Waals surface area contributed by atoms with Gasteiger partial charge in [0.1, 0.15) is 17.9 Å². The minimum atomic E-state index is -4.43. The number of carbonyl (C=O) groups is 1. The highest BCUT2D eigenvalue weighted by Gasteiger charge is 2.68. The van der Waals surface area contributed by atoms with E-state index in [1.165, 1.54) is 37.0 Å². The van der Waals surface area contributed by atoms with Crippen molar-refractivity contribution in [2.24, 2.45) is 5.11 Å². The van der Waals surface area contributed by atoms with Crippen LogP contribution in [-0.2, 0) is 23.4 Å². The van der Waals surface area contributed by atoms with E-state index in [1.807, 2.05) is 0 Å². The minimum Gasteiger partial charge on any atom is -0.462 e. The van der Waals surface area contributed by atoms with Crippen molar-refractivity contribution in [2.45, 2.75) is 62.1 Å². The standard InChI is InChI=1S/C23H29N6O9PS/c1-14(2)36-18(31)15(3)26-39(34,38-16-7-5-4-6-8-16)35-13-23(27-28-24)19(32)22(10-12-40-22)20(37-23)29-11-9-17(30)25-21(29)33/h4-9,11,14-15,19-20,32H,10,12-13H2,1-3H3,(H,26,34)(H,25,30,33)/t15-,19+,20-,22-,23-,39?/m1/s1. The topological polar surface area (TPSA) is 207 Å². The van der Waals surface area contributed by atoms with Crippen LogP contribution in [0.25, 0.3) is 10.4 Å². The van der Waals surface area contributed by atoms with E-state index in [2.05, 4.69) is 20.1 Å². The quantitative estimate of drug-likeness (QED) is 0.113. The van der Waals surface area contributed by atoms with Gasteiger partial charge in [-0.2, -0.15) is 5.09 Å². The summed E-state index contributed by atoms with van der Waals surface area (Å²) in [5.41, 5.74) is 5.80. The molecule has 2 aromatic rings. The Morgan fingerprint density at radius 2 is 2.05 bits per heavy atom. The normalized spacial score (nSPS) is 27.8. The van der Waals surface area contributed by atoms with Crippen LogP contribution in [0.1, 0.15) is 33.4 Å². The SMILES string of the molecule is CC(C)OC(=O)[C@@H](C)NP(=O)(OC[C@@]1(N=[N+]=[N-])O[C@@H](n2ccc(=O)[nH]c2=O)[C@@]2(CCS2)[C@@H]1O)Oc1ccccc1. The summed E-state index contributed by atoms with van der Waals surface area (Å²) in [6.45, 7) is 3.92. The number of carbonyl (C=O) groups excluding carboxylic acids is 1. The van der Waals surface area contributed by atoms with Gasteiger partial charge in [-0.15, -0.1) is 11.8 Å². The lowest BCUT2D eigenvalue weighted by atomic mass is 9.91. The third kappa shape index (κ3) is 5.98. The first-order valence-electron chi connectivity index (χ1n) is 12.3. The molecule has 6 atom stereocenters. The number of para-hydroxylation sites is 1. The third-order valence-corrected chi connectivity index (χ3v) is 9.47. The number of hydrogen-bond donors (Lipinski definition) is 3. The number of aromatic nitrogens is 2. The molecule has 1 unspecified atom stereocenters. The molecule has 15 nitrogen and oxygen atoms in total. The summed E-state index contributed by atoms with van der Waals surface area (Å²) in [6, 6.07) is 7.96. The smallest absolute Gasteiger partial charge is 0.459 e. The second-order valence-corrected chi connectivity index (χ2v) is 12.6. The Hall–Kier alpha value is -3.10. The summed E-state index contributed by atoms with van der Waals surface area (Å²) in [6.07, 6.45) is -1.58. The summed E-state index contributed by atoms with van der Waals surface area (Å²) in [4.78, 5) is 41.6. The number of ether oxygens (including phenoxy) is 2. The van der Waals surface area contributed by atoms with E-state index < -0.39 is 66.5 Å². The molecule has 4 rings (SSSR count). The molecule has 0 radical (unpaired) electrons. The Morgan fingerprint density at radius 3 is 2.62 bits per heavy atom. The zero-order valence-corrected chi connectivity index (χ0v) is 23.5. The van der Waals surface area contributed by atoms with Crippen LogP contribution in [0.5, 0.6) is 5.75 Å². The first-order chi connectivity index (χ1) is 18.9. The van der Waals surface area contributed by atoms with Gasteiger partial charge in [-0.05, 0) is 50.6 Å². The third-order valence-electron chi connectivity index (χ3n) is 6.27. The number of rotatable bonds is 11. The summed E-state index contributed by atoms with van der Waals surface area (Å²) in [5, 5.41) is 17.7. The van der Waals surface area contributed by atoms with Gasteiger partial charge in [0.25, 0.3) is 5.56 Å². The van der Waals surface area contributed by atoms with Gasteiger partial charge in [-0.3, -0.25) is 23.7 Å². The zero-order chi connectivity index (χ0) is 29.1. The van der Waals surface area contributed by atoms with Crippen LogP contribution >= 0.6 is 19.5 Å². The number of thioether (sulfide) groups is 1. The van der Waals surface area contributed by atoms with Gasteiger partial charge < -0.3 is 19.1 Å². The van der Waals surface area contributed by atoms with Crippen LogP contribution in [-0.4, -0.2) is 61.7 Å². The Morgan fingerprint density at radius 1 is 1.35 bits per heavy atom. The molecule has 0 amide bonds. The van der Waals surface area contributed by atoms with Crippen LogP contribution in [0, 0.1) is 0 Å². The van der Waals surface area contributed by atoms with E-state index in [4.69, 9.17) is 18.5 Å². The van der Waals surface area contributed by atoms with Gasteiger partial charge >= 0.3 is 19.4 Å². The lowest BCUT2D eigenvalue weighted by molar-refractivity contribution is -0.149. The van der Waals surface area contributed by atoms with Crippen LogP contribution < -0.4 is 20.9 Å². The molecule has 0 saturated carbocycles. The van der Waals surface area contributed by atoms with Crippen molar-refractivity contribution in [3.8, 4) is 5.75 Å². The molecule has 1 spiro atoms. The molecule has 40 heavy (non-hydrogen) atoms. The van der Waals surface area contributed by atoms with E-state index in [0.717, 1.165) is 10.6 Å². The molecule has 2 aliphatic heterocycles. The van der Waals surface area contributed by atoms with E-state index in [0.29, 0.717) is 12.2 Å². The zero-order valence-electron chi connectivity index (χ0n) is 21.8. The maximum atomic E-state index is 13.9. The summed E-state index contributed by atoms with van der Waals surface area (Å²) in [5.74, 6) is 0.0198. The lowest BCUT2D eigenvalue weighted by Gasteiger charge is -2.44. The largest absolute Gasteiger partial charge is 0.462 e. The molecule has 1 aromatic heterocycles. The first kappa shape index (κ1) is 29.9. The highest BCUT2D eigenvalue weighted by Crippen LogP contribution is 2.60. The fraction of sp³-hybridized carbons (Fsp3) is 0.522. The van der Waals surface area contributed by atoms with Crippen molar-refractivity contribution < 1.29 is 33.0 Å². The Balaban J connectivity index is 1.66. The predicted octanol–water partition coefficient (Wildman–Crippen LogP) is 2.44. The first-order valence-corrected chi connectivity index (χ1v) is 14.8. The van der Waals surface area contributed by atoms with Gasteiger partial charge in [0.05, 0.1) is 17.5 Å². The molecule has 3 N–H and O–H groups in total. The molecule has 2 saturated heterocycles. The maximum Gasteiger partial charge on any atom is 0.459 e. The fourth-order valence-electron chi connectivity index (χ4n) is 4.33. The predicted molar refractivity (Wildman–Crippen MR) is 144 cm³/mol. The van der Waals surface area contributed by atoms with Crippen molar-refractivity contribution >= 4 is 25.5 Å². The van der Waals surface area contributed by atoms with Gasteiger partial charge in [0.2, 0.25) is 0 Å². The molecule has 0 bridgehead atoms. The van der Waals surface area contributed by atoms with Gasteiger partial charge in [-0.1, -0.05) is 23.3 Å². The molecular weight excluding hydrogens is 567 g/mol. The van der Waals surface area contributed by atoms with Crippen molar-refractivity contribution in [2.75, 3.05) is 12.4 Å². The Kier molecular flexibility index (Phi) is 8.80. The molecule has 216 valence electrons. The highest BCUT2D eigenvalue weighted by molar-refractivity contribution is 8.02. The number of aliphatic hydroxyl groups is 1. The van der Waals surface area contributed by atoms with Crippen LogP contribution in [0.2, 0.25) is 0 Å². The maximum absolute atomic E-state index is 13.9. The summed E-state index contributed by atoms with van der Waals surface area (Å²) in [7, 11) is -4.43. The van der Waals surface area contributed by atoms with E-state index in [1.54, 1.807) is 32.0 Å². The number of benzene rings is 1.